The summed E-state index contributed by atoms with van der Waals surface area (Å²) >= 11 is 0. The zero-order valence-corrected chi connectivity index (χ0v) is 13.5. The summed E-state index contributed by atoms with van der Waals surface area (Å²) in [5.41, 5.74) is 6.94. The number of nitrogens with two attached hydrogens (primary N) is 1. The average molecular weight is 317 g/mol. The maximum Gasteiger partial charge on any atom is 0.254 e. The highest BCUT2D eigenvalue weighted by Crippen LogP contribution is 2.12. The Morgan fingerprint density at radius 1 is 1.30 bits per heavy atom. The van der Waals surface area contributed by atoms with E-state index in [-0.39, 0.29) is 12.5 Å². The number of ether oxygens (including phenoxy) is 1. The Balaban J connectivity index is 1.80. The van der Waals surface area contributed by atoms with Crippen molar-refractivity contribution in [1.82, 2.24) is 10.2 Å². The lowest BCUT2D eigenvalue weighted by molar-refractivity contribution is 0.0950. The number of carbonyl (C=O) groups excluding carboxylic acids is 1. The second-order valence-electron chi connectivity index (χ2n) is 5.48. The van der Waals surface area contributed by atoms with Crippen molar-refractivity contribution in [3.63, 3.8) is 0 Å². The molecule has 2 aromatic rings. The number of nitrogens with one attached hydrogen (secondary N) is 1. The zero-order valence-electron chi connectivity index (χ0n) is 13.5. The predicted octanol–water partition coefficient (Wildman–Crippen LogP) is 1.61. The van der Waals surface area contributed by atoms with Crippen LogP contribution in [-0.4, -0.2) is 38.1 Å². The lowest BCUT2D eigenvalue weighted by Crippen LogP contribution is -2.22. The monoisotopic (exact) mass is 317 g/mol. The first kappa shape index (κ1) is 17.1. The van der Waals surface area contributed by atoms with Crippen LogP contribution in [0.3, 0.4) is 0 Å². The van der Waals surface area contributed by atoms with E-state index in [4.69, 9.17) is 14.9 Å². The maximum absolute atomic E-state index is 12.0. The molecule has 124 valence electrons. The molecule has 0 atom stereocenters. The maximum atomic E-state index is 12.0. The first-order chi connectivity index (χ1) is 11.1. The summed E-state index contributed by atoms with van der Waals surface area (Å²) in [6, 6.07) is 9.33. The Labute approximate surface area is 136 Å². The SMILES string of the molecule is CN(C)CCOc1ccc(CNC(=O)c2coc(CN)c2)cc1. The molecule has 0 fully saturated rings. The molecule has 0 aliphatic carbocycles. The molecule has 1 heterocycles. The summed E-state index contributed by atoms with van der Waals surface area (Å²) in [5, 5.41) is 2.84. The van der Waals surface area contributed by atoms with Crippen molar-refractivity contribution in [3.05, 3.63) is 53.5 Å². The molecule has 23 heavy (non-hydrogen) atoms. The van der Waals surface area contributed by atoms with E-state index < -0.39 is 0 Å². The van der Waals surface area contributed by atoms with Gasteiger partial charge in [-0.1, -0.05) is 12.1 Å². The van der Waals surface area contributed by atoms with Crippen LogP contribution in [0.4, 0.5) is 0 Å². The number of hydrogen-bond acceptors (Lipinski definition) is 5. The molecule has 2 rings (SSSR count). The van der Waals surface area contributed by atoms with Crippen LogP contribution in [0.1, 0.15) is 21.7 Å². The number of likely N-dealkylation sites (N-methyl/N-ethyl adjacent to an activating group) is 1. The third kappa shape index (κ3) is 5.43. The van der Waals surface area contributed by atoms with Crippen molar-refractivity contribution in [2.24, 2.45) is 5.73 Å². The minimum absolute atomic E-state index is 0.181. The molecule has 1 aromatic heterocycles. The molecule has 0 aliphatic rings. The zero-order chi connectivity index (χ0) is 16.7. The normalized spacial score (nSPS) is 10.8. The summed E-state index contributed by atoms with van der Waals surface area (Å²) in [6.45, 7) is 2.24. The first-order valence-corrected chi connectivity index (χ1v) is 7.50. The molecule has 6 nitrogen and oxygen atoms in total. The molecule has 0 saturated carbocycles. The van der Waals surface area contributed by atoms with Crippen LogP contribution >= 0.6 is 0 Å². The summed E-state index contributed by atoms with van der Waals surface area (Å²) in [6.07, 6.45) is 1.42. The third-order valence-electron chi connectivity index (χ3n) is 3.30. The summed E-state index contributed by atoms with van der Waals surface area (Å²) in [7, 11) is 4.01. The Bertz CT molecular complexity index is 620. The van der Waals surface area contributed by atoms with Gasteiger partial charge in [-0.25, -0.2) is 0 Å². The van der Waals surface area contributed by atoms with E-state index in [1.807, 2.05) is 38.4 Å². The van der Waals surface area contributed by atoms with Crippen molar-refractivity contribution in [2.75, 3.05) is 27.2 Å². The van der Waals surface area contributed by atoms with Gasteiger partial charge in [0.05, 0.1) is 12.1 Å². The second kappa shape index (κ2) is 8.36. The molecule has 0 aliphatic heterocycles. The van der Waals surface area contributed by atoms with Crippen molar-refractivity contribution < 1.29 is 13.9 Å². The quantitative estimate of drug-likeness (QED) is 0.773. The minimum Gasteiger partial charge on any atom is -0.492 e. The number of hydrogen-bond donors (Lipinski definition) is 2. The van der Waals surface area contributed by atoms with Crippen molar-refractivity contribution in [3.8, 4) is 5.75 Å². The third-order valence-corrected chi connectivity index (χ3v) is 3.30. The highest BCUT2D eigenvalue weighted by Gasteiger charge is 2.09. The van der Waals surface area contributed by atoms with Gasteiger partial charge in [0.2, 0.25) is 0 Å². The molecular formula is C17H23N3O3. The van der Waals surface area contributed by atoms with Crippen LogP contribution in [0.15, 0.2) is 41.0 Å². The fourth-order valence-corrected chi connectivity index (χ4v) is 1.94. The summed E-state index contributed by atoms with van der Waals surface area (Å²) in [5.74, 6) is 1.23. The van der Waals surface area contributed by atoms with E-state index in [9.17, 15) is 4.79 Å². The first-order valence-electron chi connectivity index (χ1n) is 7.50. The van der Waals surface area contributed by atoms with Gasteiger partial charge < -0.3 is 25.1 Å². The number of amides is 1. The molecule has 1 amide bonds. The highest BCUT2D eigenvalue weighted by atomic mass is 16.5. The molecule has 0 bridgehead atoms. The van der Waals surface area contributed by atoms with Crippen molar-refractivity contribution in [2.45, 2.75) is 13.1 Å². The molecule has 3 N–H and O–H groups in total. The molecule has 0 saturated heterocycles. The van der Waals surface area contributed by atoms with Gasteiger partial charge in [-0.3, -0.25) is 4.79 Å². The Kier molecular flexibility index (Phi) is 6.19. The van der Waals surface area contributed by atoms with Gasteiger partial charge in [0.1, 0.15) is 24.4 Å². The largest absolute Gasteiger partial charge is 0.492 e. The van der Waals surface area contributed by atoms with E-state index >= 15 is 0 Å². The molecule has 0 unspecified atom stereocenters. The average Bonchev–Trinajstić information content (AvgIpc) is 3.02. The summed E-state index contributed by atoms with van der Waals surface area (Å²) in [4.78, 5) is 14.0. The van der Waals surface area contributed by atoms with Gasteiger partial charge in [-0.15, -0.1) is 0 Å². The van der Waals surface area contributed by atoms with Gasteiger partial charge in [-0.2, -0.15) is 0 Å². The van der Waals surface area contributed by atoms with Gasteiger partial charge in [0.15, 0.2) is 0 Å². The Hall–Kier alpha value is -2.31. The van der Waals surface area contributed by atoms with E-state index in [0.29, 0.717) is 24.5 Å². The highest BCUT2D eigenvalue weighted by molar-refractivity contribution is 5.93. The number of carbonyl (C=O) groups is 1. The second-order valence-corrected chi connectivity index (χ2v) is 5.48. The van der Waals surface area contributed by atoms with Crippen LogP contribution in [0.2, 0.25) is 0 Å². The van der Waals surface area contributed by atoms with Gasteiger partial charge in [-0.05, 0) is 37.9 Å². The van der Waals surface area contributed by atoms with Crippen LogP contribution in [0.5, 0.6) is 5.75 Å². The van der Waals surface area contributed by atoms with Gasteiger partial charge in [0, 0.05) is 13.1 Å². The minimum atomic E-state index is -0.181. The number of benzene rings is 1. The summed E-state index contributed by atoms with van der Waals surface area (Å²) < 4.78 is 10.8. The fourth-order valence-electron chi connectivity index (χ4n) is 1.94. The topological polar surface area (TPSA) is 80.7 Å². The lowest BCUT2D eigenvalue weighted by atomic mass is 10.2. The van der Waals surface area contributed by atoms with Crippen molar-refractivity contribution in [1.29, 1.82) is 0 Å². The fraction of sp³-hybridized carbons (Fsp3) is 0.353. The van der Waals surface area contributed by atoms with E-state index in [2.05, 4.69) is 10.2 Å². The molecule has 6 heteroatoms. The number of furan rings is 1. The molecule has 1 aromatic carbocycles. The number of nitrogens with zero attached hydrogens (tertiary/aromatic N) is 1. The Morgan fingerprint density at radius 2 is 2.04 bits per heavy atom. The molecular weight excluding hydrogens is 294 g/mol. The van der Waals surface area contributed by atoms with Crippen LogP contribution in [-0.2, 0) is 13.1 Å². The molecule has 0 radical (unpaired) electrons. The Morgan fingerprint density at radius 3 is 2.65 bits per heavy atom. The van der Waals surface area contributed by atoms with E-state index in [1.165, 1.54) is 6.26 Å². The van der Waals surface area contributed by atoms with Crippen molar-refractivity contribution >= 4 is 5.91 Å². The van der Waals surface area contributed by atoms with E-state index in [1.54, 1.807) is 6.07 Å². The standard InChI is InChI=1S/C17H23N3O3/c1-20(2)7-8-22-15-5-3-13(4-6-15)11-19-17(21)14-9-16(10-18)23-12-14/h3-6,9,12H,7-8,10-11,18H2,1-2H3,(H,19,21). The van der Waals surface area contributed by atoms with Crippen LogP contribution in [0, 0.1) is 0 Å². The van der Waals surface area contributed by atoms with Gasteiger partial charge in [0.25, 0.3) is 5.91 Å². The predicted molar refractivity (Wildman–Crippen MR) is 88.3 cm³/mol. The molecule has 0 spiro atoms. The smallest absolute Gasteiger partial charge is 0.254 e. The van der Waals surface area contributed by atoms with Gasteiger partial charge >= 0.3 is 0 Å². The van der Waals surface area contributed by atoms with Crippen LogP contribution < -0.4 is 15.8 Å². The van der Waals surface area contributed by atoms with Crippen LogP contribution in [0.25, 0.3) is 0 Å². The number of rotatable bonds is 8. The lowest BCUT2D eigenvalue weighted by Gasteiger charge is -2.11. The van der Waals surface area contributed by atoms with E-state index in [0.717, 1.165) is 17.9 Å².